The van der Waals surface area contributed by atoms with Crippen LogP contribution in [0.1, 0.15) is 13.8 Å². The van der Waals surface area contributed by atoms with Crippen molar-refractivity contribution in [2.45, 2.75) is 13.8 Å². The van der Waals surface area contributed by atoms with Crippen molar-refractivity contribution in [3.63, 3.8) is 0 Å². The first kappa shape index (κ1) is 14.0. The highest BCUT2D eigenvalue weighted by Gasteiger charge is 2.33. The summed E-state index contributed by atoms with van der Waals surface area (Å²) in [7, 11) is -3.38. The van der Waals surface area contributed by atoms with E-state index in [1.807, 2.05) is 30.3 Å². The first-order valence-corrected chi connectivity index (χ1v) is 7.65. The lowest BCUT2D eigenvalue weighted by atomic mass is 10.2. The summed E-state index contributed by atoms with van der Waals surface area (Å²) in [6, 6.07) is 9.38. The van der Waals surface area contributed by atoms with Gasteiger partial charge in [-0.25, -0.2) is 0 Å². The molecule has 1 heterocycles. The number of rotatable bonds is 6. The van der Waals surface area contributed by atoms with Crippen LogP contribution < -0.4 is 5.30 Å². The van der Waals surface area contributed by atoms with E-state index in [4.69, 9.17) is 13.6 Å². The molecule has 0 aliphatic carbocycles. The molecule has 0 aliphatic heterocycles. The minimum atomic E-state index is -3.38. The zero-order valence-electron chi connectivity index (χ0n) is 10.9. The molecule has 0 radical (unpaired) electrons. The van der Waals surface area contributed by atoms with Crippen LogP contribution in [0.15, 0.2) is 41.1 Å². The van der Waals surface area contributed by atoms with E-state index in [0.29, 0.717) is 11.0 Å². The van der Waals surface area contributed by atoms with Gasteiger partial charge in [0.1, 0.15) is 17.3 Å². The van der Waals surface area contributed by atoms with Crippen LogP contribution in [0.2, 0.25) is 0 Å². The third-order valence-corrected chi connectivity index (χ3v) is 4.59. The van der Waals surface area contributed by atoms with Crippen molar-refractivity contribution in [2.75, 3.05) is 13.2 Å². The Morgan fingerprint density at radius 2 is 1.79 bits per heavy atom. The quantitative estimate of drug-likeness (QED) is 0.761. The highest BCUT2D eigenvalue weighted by atomic mass is 31.2. The number of aromatic nitrogens is 1. The topological polar surface area (TPSA) is 61.6 Å². The average Bonchev–Trinajstić information content (AvgIpc) is 2.90. The smallest absolute Gasteiger partial charge is 0.363 e. The molecule has 0 fully saturated rings. The molecule has 0 unspecified atom stereocenters. The fraction of sp³-hybridized carbons (Fsp3) is 0.308. The van der Waals surface area contributed by atoms with Crippen LogP contribution in [0.4, 0.5) is 0 Å². The molecule has 2 rings (SSSR count). The molecular weight excluding hydrogens is 265 g/mol. The van der Waals surface area contributed by atoms with Crippen molar-refractivity contribution in [1.82, 2.24) is 5.16 Å². The number of hydrogen-bond donors (Lipinski definition) is 0. The summed E-state index contributed by atoms with van der Waals surface area (Å²) in [6.45, 7) is 4.11. The van der Waals surface area contributed by atoms with Crippen LogP contribution in [-0.4, -0.2) is 18.4 Å². The monoisotopic (exact) mass is 281 g/mol. The zero-order valence-corrected chi connectivity index (χ0v) is 11.8. The molecule has 0 atom stereocenters. The van der Waals surface area contributed by atoms with Gasteiger partial charge < -0.3 is 13.6 Å². The van der Waals surface area contributed by atoms with Crippen LogP contribution in [0.3, 0.4) is 0 Å². The Hall–Kier alpha value is -1.42. The molecule has 6 heteroatoms. The first-order valence-electron chi connectivity index (χ1n) is 6.10. The molecule has 1 aromatic heterocycles. The second kappa shape index (κ2) is 6.15. The van der Waals surface area contributed by atoms with E-state index in [9.17, 15) is 4.57 Å². The minimum Gasteiger partial charge on any atom is -0.363 e. The van der Waals surface area contributed by atoms with Gasteiger partial charge >= 0.3 is 7.60 Å². The van der Waals surface area contributed by atoms with Crippen molar-refractivity contribution in [3.8, 4) is 11.3 Å². The first-order chi connectivity index (χ1) is 9.21. The SMILES string of the molecule is CCOP(=O)(OCC)c1conc1-c1ccccc1. The zero-order chi connectivity index (χ0) is 13.7. The number of nitrogens with zero attached hydrogens (tertiary/aromatic N) is 1. The Morgan fingerprint density at radius 1 is 1.16 bits per heavy atom. The molecule has 2 aromatic rings. The molecule has 0 aliphatic rings. The Kier molecular flexibility index (Phi) is 4.53. The lowest BCUT2D eigenvalue weighted by molar-refractivity contribution is 0.230. The van der Waals surface area contributed by atoms with Crippen molar-refractivity contribution in [3.05, 3.63) is 36.6 Å². The molecule has 0 amide bonds. The van der Waals surface area contributed by atoms with Gasteiger partial charge in [0.2, 0.25) is 0 Å². The Labute approximate surface area is 112 Å². The van der Waals surface area contributed by atoms with Crippen molar-refractivity contribution in [1.29, 1.82) is 0 Å². The maximum atomic E-state index is 12.7. The Morgan fingerprint density at radius 3 is 2.37 bits per heavy atom. The molecule has 0 saturated carbocycles. The van der Waals surface area contributed by atoms with Crippen LogP contribution in [0.5, 0.6) is 0 Å². The molecule has 1 aromatic carbocycles. The van der Waals surface area contributed by atoms with E-state index in [-0.39, 0.29) is 13.2 Å². The predicted octanol–water partition coefficient (Wildman–Crippen LogP) is 3.23. The standard InChI is InChI=1S/C13H16NO4P/c1-3-17-19(15,18-4-2)12-10-16-14-13(12)11-8-6-5-7-9-11/h5-10H,3-4H2,1-2H3. The van der Waals surface area contributed by atoms with Gasteiger partial charge in [0, 0.05) is 5.56 Å². The van der Waals surface area contributed by atoms with Crippen LogP contribution in [0.25, 0.3) is 11.3 Å². The molecule has 102 valence electrons. The van der Waals surface area contributed by atoms with E-state index >= 15 is 0 Å². The summed E-state index contributed by atoms with van der Waals surface area (Å²) >= 11 is 0. The second-order valence-corrected chi connectivity index (χ2v) is 5.74. The van der Waals surface area contributed by atoms with Crippen LogP contribution in [-0.2, 0) is 13.6 Å². The van der Waals surface area contributed by atoms with E-state index < -0.39 is 7.60 Å². The lowest BCUT2D eigenvalue weighted by Crippen LogP contribution is -2.11. The van der Waals surface area contributed by atoms with Gasteiger partial charge in [0.05, 0.1) is 13.2 Å². The third-order valence-electron chi connectivity index (χ3n) is 2.49. The summed E-state index contributed by atoms with van der Waals surface area (Å²) in [5, 5.41) is 4.27. The summed E-state index contributed by atoms with van der Waals surface area (Å²) in [5.41, 5.74) is 1.30. The summed E-state index contributed by atoms with van der Waals surface area (Å²) < 4.78 is 28.3. The molecular formula is C13H16NO4P. The largest absolute Gasteiger partial charge is 0.366 e. The predicted molar refractivity (Wildman–Crippen MR) is 72.4 cm³/mol. The summed E-state index contributed by atoms with van der Waals surface area (Å²) in [6.07, 6.45) is 1.33. The molecule has 19 heavy (non-hydrogen) atoms. The van der Waals surface area contributed by atoms with Gasteiger partial charge in [-0.05, 0) is 13.8 Å². The fourth-order valence-corrected chi connectivity index (χ4v) is 3.38. The van der Waals surface area contributed by atoms with E-state index in [0.717, 1.165) is 5.56 Å². The van der Waals surface area contributed by atoms with Gasteiger partial charge in [0.15, 0.2) is 0 Å². The Bertz CT molecular complexity index is 557. The maximum Gasteiger partial charge on any atom is 0.366 e. The van der Waals surface area contributed by atoms with Crippen LogP contribution in [0, 0.1) is 0 Å². The highest BCUT2D eigenvalue weighted by Crippen LogP contribution is 2.48. The van der Waals surface area contributed by atoms with Gasteiger partial charge in [-0.15, -0.1) is 0 Å². The normalized spacial score (nSPS) is 11.7. The molecule has 0 bridgehead atoms. The number of benzene rings is 1. The van der Waals surface area contributed by atoms with E-state index in [1.54, 1.807) is 13.8 Å². The summed E-state index contributed by atoms with van der Waals surface area (Å²) in [5.74, 6) is 0. The molecule has 0 N–H and O–H groups in total. The van der Waals surface area contributed by atoms with Crippen molar-refractivity contribution >= 4 is 12.9 Å². The molecule has 5 nitrogen and oxygen atoms in total. The fourth-order valence-electron chi connectivity index (χ4n) is 1.74. The van der Waals surface area contributed by atoms with Gasteiger partial charge in [-0.3, -0.25) is 4.57 Å². The highest BCUT2D eigenvalue weighted by molar-refractivity contribution is 7.62. The second-order valence-electron chi connectivity index (χ2n) is 3.75. The Balaban J connectivity index is 2.46. The summed E-state index contributed by atoms with van der Waals surface area (Å²) in [4.78, 5) is 0. The molecule has 0 saturated heterocycles. The lowest BCUT2D eigenvalue weighted by Gasteiger charge is -2.15. The van der Waals surface area contributed by atoms with E-state index in [2.05, 4.69) is 5.16 Å². The van der Waals surface area contributed by atoms with Gasteiger partial charge in [-0.2, -0.15) is 0 Å². The molecule has 0 spiro atoms. The van der Waals surface area contributed by atoms with Gasteiger partial charge in [0.25, 0.3) is 0 Å². The number of hydrogen-bond acceptors (Lipinski definition) is 5. The van der Waals surface area contributed by atoms with Gasteiger partial charge in [-0.1, -0.05) is 35.5 Å². The van der Waals surface area contributed by atoms with E-state index in [1.165, 1.54) is 6.26 Å². The third kappa shape index (κ3) is 2.95. The average molecular weight is 281 g/mol. The van der Waals surface area contributed by atoms with Crippen molar-refractivity contribution < 1.29 is 18.1 Å². The maximum absolute atomic E-state index is 12.7. The van der Waals surface area contributed by atoms with Crippen LogP contribution >= 0.6 is 7.60 Å². The van der Waals surface area contributed by atoms with Crippen molar-refractivity contribution in [2.24, 2.45) is 0 Å². The minimum absolute atomic E-state index is 0.288.